The van der Waals surface area contributed by atoms with Crippen LogP contribution < -0.4 is 16.0 Å². The molecule has 0 bridgehead atoms. The highest BCUT2D eigenvalue weighted by Crippen LogP contribution is 2.46. The molecule has 2 aromatic rings. The van der Waals surface area contributed by atoms with Gasteiger partial charge >= 0.3 is 0 Å². The molecule has 1 aromatic heterocycles. The number of nitrogens with zero attached hydrogens (tertiary/aromatic N) is 2. The Morgan fingerprint density at radius 3 is 2.44 bits per heavy atom. The van der Waals surface area contributed by atoms with Crippen molar-refractivity contribution in [2.75, 3.05) is 30.0 Å². The maximum absolute atomic E-state index is 12.6. The average Bonchev–Trinajstić information content (AvgIpc) is 3.22. The lowest BCUT2D eigenvalue weighted by molar-refractivity contribution is -0.139. The Hall–Kier alpha value is -3.03. The van der Waals surface area contributed by atoms with E-state index in [2.05, 4.69) is 26.1 Å². The number of aromatic nitrogens is 2. The van der Waals surface area contributed by atoms with Gasteiger partial charge < -0.3 is 20.9 Å². The molecule has 0 fully saturated rings. The summed E-state index contributed by atoms with van der Waals surface area (Å²) in [4.78, 5) is 26.6. The van der Waals surface area contributed by atoms with Crippen LogP contribution in [0.25, 0.3) is 0 Å². The molecule has 2 aliphatic heterocycles. The fraction of sp³-hybridized carbons (Fsp3) is 0.353. The lowest BCUT2D eigenvalue weighted by atomic mass is 9.82. The molecule has 4 rings (SSSR count). The van der Waals surface area contributed by atoms with E-state index in [0.29, 0.717) is 11.3 Å². The molecule has 8 heteroatoms. The summed E-state index contributed by atoms with van der Waals surface area (Å²) in [6.07, 6.45) is -0.158. The highest BCUT2D eigenvalue weighted by Gasteiger charge is 2.50. The first-order valence-electron chi connectivity index (χ1n) is 8.07. The Bertz CT molecular complexity index is 903. The second-order valence-corrected chi connectivity index (χ2v) is 6.92. The predicted molar refractivity (Wildman–Crippen MR) is 94.4 cm³/mol. The summed E-state index contributed by atoms with van der Waals surface area (Å²) in [5.74, 6) is -0.543. The van der Waals surface area contributed by atoms with Gasteiger partial charge in [0.1, 0.15) is 11.9 Å². The number of aromatic amines is 1. The zero-order valence-corrected chi connectivity index (χ0v) is 14.5. The molecule has 0 spiro atoms. The Kier molecular flexibility index (Phi) is 3.09. The highest BCUT2D eigenvalue weighted by atomic mass is 16.2. The fourth-order valence-corrected chi connectivity index (χ4v) is 3.47. The number of hydrogen-bond acceptors (Lipinski definition) is 5. The number of H-pyrrole nitrogens is 1. The lowest BCUT2D eigenvalue weighted by Crippen LogP contribution is -2.46. The molecule has 1 aromatic carbocycles. The van der Waals surface area contributed by atoms with E-state index in [1.165, 1.54) is 4.90 Å². The topological polar surface area (TPSA) is 102 Å². The Labute approximate surface area is 145 Å². The zero-order chi connectivity index (χ0) is 17.9. The van der Waals surface area contributed by atoms with E-state index in [1.54, 1.807) is 21.0 Å². The van der Waals surface area contributed by atoms with Crippen molar-refractivity contribution in [1.29, 1.82) is 0 Å². The molecular formula is C17H20N6O2. The maximum atomic E-state index is 12.6. The number of carbonyl (C=O) groups is 2. The van der Waals surface area contributed by atoms with E-state index in [4.69, 9.17) is 0 Å². The minimum atomic E-state index is -1.23. The summed E-state index contributed by atoms with van der Waals surface area (Å²) in [6.45, 7) is 3.61. The van der Waals surface area contributed by atoms with Crippen LogP contribution in [0.2, 0.25) is 0 Å². The molecule has 0 radical (unpaired) electrons. The van der Waals surface area contributed by atoms with Gasteiger partial charge in [-0.05, 0) is 32.0 Å². The number of benzene rings is 1. The lowest BCUT2D eigenvalue weighted by Gasteiger charge is -2.25. The van der Waals surface area contributed by atoms with Crippen LogP contribution in [0.15, 0.2) is 18.2 Å². The van der Waals surface area contributed by atoms with Gasteiger partial charge in [0, 0.05) is 31.0 Å². The normalized spacial score (nSPS) is 23.4. The first kappa shape index (κ1) is 15.5. The van der Waals surface area contributed by atoms with Gasteiger partial charge in [-0.15, -0.1) is 0 Å². The predicted octanol–water partition coefficient (Wildman–Crippen LogP) is 1.55. The maximum Gasteiger partial charge on any atom is 0.244 e. The monoisotopic (exact) mass is 340 g/mol. The number of rotatable bonds is 2. The average molecular weight is 340 g/mol. The number of hydrogen-bond donors (Lipinski definition) is 4. The minimum Gasteiger partial charge on any atom is -0.359 e. The van der Waals surface area contributed by atoms with Crippen molar-refractivity contribution in [3.8, 4) is 0 Å². The number of amides is 2. The van der Waals surface area contributed by atoms with E-state index < -0.39 is 5.41 Å². The van der Waals surface area contributed by atoms with Gasteiger partial charge in [-0.2, -0.15) is 5.10 Å². The zero-order valence-electron chi connectivity index (χ0n) is 14.5. The summed E-state index contributed by atoms with van der Waals surface area (Å²) < 4.78 is 0. The molecule has 0 saturated heterocycles. The van der Waals surface area contributed by atoms with Crippen LogP contribution >= 0.6 is 0 Å². The van der Waals surface area contributed by atoms with Gasteiger partial charge in [-0.3, -0.25) is 14.7 Å². The number of nitrogens with one attached hydrogen (secondary N) is 4. The molecule has 130 valence electrons. The number of likely N-dealkylation sites (N-methyl/N-ethyl adjacent to an activating group) is 1. The van der Waals surface area contributed by atoms with Crippen molar-refractivity contribution in [3.05, 3.63) is 35.2 Å². The summed E-state index contributed by atoms with van der Waals surface area (Å²) in [5.41, 5.74) is 3.66. The van der Waals surface area contributed by atoms with Gasteiger partial charge in [0.15, 0.2) is 5.41 Å². The van der Waals surface area contributed by atoms with Gasteiger partial charge in [0.25, 0.3) is 0 Å². The first-order valence-corrected chi connectivity index (χ1v) is 8.07. The van der Waals surface area contributed by atoms with E-state index >= 15 is 0 Å². The van der Waals surface area contributed by atoms with Crippen LogP contribution in [-0.4, -0.2) is 41.0 Å². The van der Waals surface area contributed by atoms with Crippen molar-refractivity contribution in [3.63, 3.8) is 0 Å². The van der Waals surface area contributed by atoms with Gasteiger partial charge in [-0.25, -0.2) is 0 Å². The number of carbonyl (C=O) groups excluding carboxylic acids is 2. The molecule has 3 heterocycles. The van der Waals surface area contributed by atoms with Gasteiger partial charge in [0.05, 0.1) is 11.4 Å². The van der Waals surface area contributed by atoms with Crippen LogP contribution in [0.5, 0.6) is 0 Å². The van der Waals surface area contributed by atoms with Crippen molar-refractivity contribution >= 4 is 28.9 Å². The van der Waals surface area contributed by atoms with Crippen LogP contribution in [-0.2, 0) is 15.0 Å². The van der Waals surface area contributed by atoms with E-state index in [0.717, 1.165) is 22.8 Å². The fourth-order valence-electron chi connectivity index (χ4n) is 3.47. The summed E-state index contributed by atoms with van der Waals surface area (Å²) in [6, 6.07) is 5.70. The van der Waals surface area contributed by atoms with Crippen LogP contribution in [0, 0.1) is 6.92 Å². The highest BCUT2D eigenvalue weighted by molar-refractivity contribution is 6.20. The molecule has 25 heavy (non-hydrogen) atoms. The second-order valence-electron chi connectivity index (χ2n) is 6.92. The largest absolute Gasteiger partial charge is 0.359 e. The Balaban J connectivity index is 1.73. The molecule has 0 saturated carbocycles. The standard InChI is InChI=1S/C17H20N6O2/c1-8-5-13(22-21-8)14-18-11-6-9-10(7-12(11)19-14)20-15(24)17(9,2)16(25)23(3)4/h5-7,14,18-19H,1-4H3,(H,20,24)(H,21,22). The van der Waals surface area contributed by atoms with E-state index in [9.17, 15) is 9.59 Å². The van der Waals surface area contributed by atoms with Crippen LogP contribution in [0.1, 0.15) is 30.0 Å². The molecule has 2 unspecified atom stereocenters. The third-order valence-electron chi connectivity index (χ3n) is 4.85. The van der Waals surface area contributed by atoms with Gasteiger partial charge in [0.2, 0.25) is 11.8 Å². The SMILES string of the molecule is Cc1cc(C2Nc3cc4c(cc3N2)C(C)(C(=O)N(C)C)C(=O)N4)n[nH]1. The molecule has 0 aliphatic carbocycles. The number of fused-ring (bicyclic) bond motifs is 2. The molecule has 2 atom stereocenters. The number of anilines is 3. The first-order chi connectivity index (χ1) is 11.8. The van der Waals surface area contributed by atoms with Crippen molar-refractivity contribution in [2.45, 2.75) is 25.4 Å². The van der Waals surface area contributed by atoms with E-state index in [1.807, 2.05) is 25.1 Å². The summed E-state index contributed by atoms with van der Waals surface area (Å²) >= 11 is 0. The van der Waals surface area contributed by atoms with Gasteiger partial charge in [-0.1, -0.05) is 0 Å². The van der Waals surface area contributed by atoms with Crippen molar-refractivity contribution in [1.82, 2.24) is 15.1 Å². The minimum absolute atomic E-state index is 0.158. The van der Waals surface area contributed by atoms with Crippen molar-refractivity contribution < 1.29 is 9.59 Å². The quantitative estimate of drug-likeness (QED) is 0.621. The summed E-state index contributed by atoms with van der Waals surface area (Å²) in [7, 11) is 3.31. The molecule has 4 N–H and O–H groups in total. The van der Waals surface area contributed by atoms with Crippen LogP contribution in [0.4, 0.5) is 17.1 Å². The second kappa shape index (κ2) is 4.98. The Morgan fingerprint density at radius 1 is 1.16 bits per heavy atom. The molecule has 8 nitrogen and oxygen atoms in total. The smallest absolute Gasteiger partial charge is 0.244 e. The number of aryl methyl sites for hydroxylation is 1. The Morgan fingerprint density at radius 2 is 1.84 bits per heavy atom. The van der Waals surface area contributed by atoms with Crippen molar-refractivity contribution in [2.24, 2.45) is 0 Å². The molecule has 2 aliphatic rings. The third kappa shape index (κ3) is 2.10. The molecule has 2 amide bonds. The molecular weight excluding hydrogens is 320 g/mol. The van der Waals surface area contributed by atoms with E-state index in [-0.39, 0.29) is 18.0 Å². The third-order valence-corrected chi connectivity index (χ3v) is 4.85. The van der Waals surface area contributed by atoms with Crippen LogP contribution in [0.3, 0.4) is 0 Å². The summed E-state index contributed by atoms with van der Waals surface area (Å²) in [5, 5.41) is 16.7.